The molecular weight excluding hydrogens is 341 g/mol. The molecule has 0 amide bonds. The van der Waals surface area contributed by atoms with E-state index < -0.39 is 0 Å². The number of ether oxygens (including phenoxy) is 1. The number of para-hydroxylation sites is 2. The van der Waals surface area contributed by atoms with E-state index in [-0.39, 0.29) is 6.71 Å². The molecule has 2 nitrogen and oxygen atoms in total. The lowest BCUT2D eigenvalue weighted by atomic mass is 9.34. The van der Waals surface area contributed by atoms with E-state index in [9.17, 15) is 0 Å². The largest absolute Gasteiger partial charge is 0.458 e. The van der Waals surface area contributed by atoms with Crippen LogP contribution in [0.1, 0.15) is 5.56 Å². The highest BCUT2D eigenvalue weighted by Crippen LogP contribution is 2.40. The molecule has 28 heavy (non-hydrogen) atoms. The van der Waals surface area contributed by atoms with Crippen molar-refractivity contribution in [2.75, 3.05) is 4.90 Å². The fourth-order valence-electron chi connectivity index (χ4n) is 4.55. The Morgan fingerprint density at radius 2 is 1.32 bits per heavy atom. The van der Waals surface area contributed by atoms with Crippen LogP contribution in [0.4, 0.5) is 17.1 Å². The maximum absolute atomic E-state index is 6.32. The number of nitrogens with zero attached hydrogens (tertiary/aromatic N) is 1. The Hall–Kier alpha value is -3.46. The molecular formula is C25H18BNO. The molecule has 0 saturated carbocycles. The topological polar surface area (TPSA) is 12.5 Å². The summed E-state index contributed by atoms with van der Waals surface area (Å²) >= 11 is 0. The molecule has 0 N–H and O–H groups in total. The van der Waals surface area contributed by atoms with Crippen molar-refractivity contribution in [3.8, 4) is 11.5 Å². The fraction of sp³-hybridized carbons (Fsp3) is 0.0400. The number of fused-ring (bicyclic) bond motifs is 4. The van der Waals surface area contributed by atoms with Crippen LogP contribution in [0.5, 0.6) is 11.5 Å². The van der Waals surface area contributed by atoms with Gasteiger partial charge in [-0.25, -0.2) is 0 Å². The van der Waals surface area contributed by atoms with Crippen LogP contribution in [0, 0.1) is 6.92 Å². The smallest absolute Gasteiger partial charge is 0.256 e. The molecule has 0 aromatic heterocycles. The first-order valence-electron chi connectivity index (χ1n) is 9.67. The highest BCUT2D eigenvalue weighted by molar-refractivity contribution is 6.99. The number of hydrogen-bond donors (Lipinski definition) is 0. The van der Waals surface area contributed by atoms with Gasteiger partial charge in [-0.15, -0.1) is 0 Å². The Kier molecular flexibility index (Phi) is 3.21. The second kappa shape index (κ2) is 5.77. The zero-order valence-electron chi connectivity index (χ0n) is 15.6. The van der Waals surface area contributed by atoms with Gasteiger partial charge in [-0.3, -0.25) is 0 Å². The van der Waals surface area contributed by atoms with Gasteiger partial charge in [0.1, 0.15) is 11.5 Å². The van der Waals surface area contributed by atoms with Gasteiger partial charge in [0.25, 0.3) is 6.71 Å². The Bertz CT molecular complexity index is 1220. The minimum absolute atomic E-state index is 0.189. The molecule has 0 bridgehead atoms. The predicted octanol–water partition coefficient (Wildman–Crippen LogP) is 4.40. The monoisotopic (exact) mass is 359 g/mol. The molecule has 0 aliphatic carbocycles. The van der Waals surface area contributed by atoms with Gasteiger partial charge in [0.05, 0.1) is 0 Å². The zero-order valence-corrected chi connectivity index (χ0v) is 15.6. The van der Waals surface area contributed by atoms with E-state index in [1.165, 1.54) is 39.0 Å². The molecule has 4 aromatic rings. The number of aryl methyl sites for hydroxylation is 1. The van der Waals surface area contributed by atoms with Crippen molar-refractivity contribution < 1.29 is 4.74 Å². The molecule has 0 spiro atoms. The van der Waals surface area contributed by atoms with Crippen LogP contribution in [-0.2, 0) is 0 Å². The fourth-order valence-corrected chi connectivity index (χ4v) is 4.55. The number of rotatable bonds is 1. The van der Waals surface area contributed by atoms with Crippen molar-refractivity contribution in [1.29, 1.82) is 0 Å². The second-order valence-electron chi connectivity index (χ2n) is 7.49. The molecule has 0 unspecified atom stereocenters. The molecule has 4 aromatic carbocycles. The van der Waals surface area contributed by atoms with Gasteiger partial charge in [-0.2, -0.15) is 0 Å². The van der Waals surface area contributed by atoms with E-state index in [2.05, 4.69) is 96.8 Å². The predicted molar refractivity (Wildman–Crippen MR) is 117 cm³/mol. The van der Waals surface area contributed by atoms with Crippen LogP contribution < -0.4 is 26.0 Å². The summed E-state index contributed by atoms with van der Waals surface area (Å²) in [5.41, 5.74) is 8.66. The zero-order chi connectivity index (χ0) is 18.7. The van der Waals surface area contributed by atoms with E-state index in [4.69, 9.17) is 4.74 Å². The number of anilines is 3. The minimum Gasteiger partial charge on any atom is -0.458 e. The van der Waals surface area contributed by atoms with Gasteiger partial charge in [0.15, 0.2) is 0 Å². The summed E-state index contributed by atoms with van der Waals surface area (Å²) in [7, 11) is 0. The standard InChI is InChI=1S/C25H18BNO/c1-17-13-15-18(16-14-17)27-21-9-4-2-7-19(21)26-20-8-3-5-11-23(20)28-24-12-6-10-22(27)25(24)26/h2-16H,1H3. The summed E-state index contributed by atoms with van der Waals surface area (Å²) in [6.07, 6.45) is 0. The van der Waals surface area contributed by atoms with E-state index in [0.29, 0.717) is 0 Å². The van der Waals surface area contributed by atoms with Gasteiger partial charge in [-0.05, 0) is 59.7 Å². The highest BCUT2D eigenvalue weighted by atomic mass is 16.5. The van der Waals surface area contributed by atoms with E-state index in [1.807, 2.05) is 6.07 Å². The molecule has 0 radical (unpaired) electrons. The normalized spacial score (nSPS) is 13.3. The second-order valence-corrected chi connectivity index (χ2v) is 7.49. The maximum Gasteiger partial charge on any atom is 0.256 e. The van der Waals surface area contributed by atoms with Gasteiger partial charge in [0.2, 0.25) is 0 Å². The average molecular weight is 359 g/mol. The summed E-state index contributed by atoms with van der Waals surface area (Å²) in [5, 5.41) is 0. The molecule has 2 heterocycles. The third-order valence-corrected chi connectivity index (χ3v) is 5.80. The summed E-state index contributed by atoms with van der Waals surface area (Å²) in [4.78, 5) is 2.36. The van der Waals surface area contributed by atoms with Crippen molar-refractivity contribution >= 4 is 40.2 Å². The van der Waals surface area contributed by atoms with Crippen LogP contribution in [-0.4, -0.2) is 6.71 Å². The quantitative estimate of drug-likeness (QED) is 0.404. The molecule has 2 aliphatic heterocycles. The lowest BCUT2D eigenvalue weighted by molar-refractivity contribution is 0.487. The van der Waals surface area contributed by atoms with Gasteiger partial charge in [-0.1, -0.05) is 60.2 Å². The average Bonchev–Trinajstić information content (AvgIpc) is 2.74. The third kappa shape index (κ3) is 2.10. The summed E-state index contributed by atoms with van der Waals surface area (Å²) < 4.78 is 6.32. The van der Waals surface area contributed by atoms with Crippen LogP contribution >= 0.6 is 0 Å². The van der Waals surface area contributed by atoms with E-state index in [0.717, 1.165) is 11.5 Å². The van der Waals surface area contributed by atoms with Crippen LogP contribution in [0.15, 0.2) is 91.0 Å². The van der Waals surface area contributed by atoms with E-state index in [1.54, 1.807) is 0 Å². The van der Waals surface area contributed by atoms with Gasteiger partial charge in [0, 0.05) is 17.1 Å². The SMILES string of the molecule is Cc1ccc(N2c3ccccc3B3c4ccccc4Oc4cccc2c43)cc1. The Labute approximate surface area is 165 Å². The van der Waals surface area contributed by atoms with Crippen molar-refractivity contribution in [3.05, 3.63) is 96.6 Å². The summed E-state index contributed by atoms with van der Waals surface area (Å²) in [6.45, 7) is 2.31. The summed E-state index contributed by atoms with van der Waals surface area (Å²) in [6, 6.07) is 32.3. The van der Waals surface area contributed by atoms with Crippen molar-refractivity contribution in [2.45, 2.75) is 6.92 Å². The molecule has 3 heteroatoms. The molecule has 2 aliphatic rings. The van der Waals surface area contributed by atoms with Crippen LogP contribution in [0.25, 0.3) is 0 Å². The first-order valence-corrected chi connectivity index (χ1v) is 9.67. The number of hydrogen-bond acceptors (Lipinski definition) is 2. The number of benzene rings is 4. The highest BCUT2D eigenvalue weighted by Gasteiger charge is 2.41. The van der Waals surface area contributed by atoms with Crippen molar-refractivity contribution in [1.82, 2.24) is 0 Å². The van der Waals surface area contributed by atoms with Gasteiger partial charge < -0.3 is 9.64 Å². The van der Waals surface area contributed by atoms with Crippen molar-refractivity contribution in [3.63, 3.8) is 0 Å². The molecule has 0 atom stereocenters. The Balaban J connectivity index is 1.68. The van der Waals surface area contributed by atoms with E-state index >= 15 is 0 Å². The third-order valence-electron chi connectivity index (χ3n) is 5.80. The van der Waals surface area contributed by atoms with Crippen LogP contribution in [0.3, 0.4) is 0 Å². The van der Waals surface area contributed by atoms with Crippen molar-refractivity contribution in [2.24, 2.45) is 0 Å². The molecule has 0 fully saturated rings. The van der Waals surface area contributed by atoms with Crippen LogP contribution in [0.2, 0.25) is 0 Å². The minimum atomic E-state index is 0.189. The Morgan fingerprint density at radius 1 is 0.643 bits per heavy atom. The Morgan fingerprint density at radius 3 is 2.18 bits per heavy atom. The lowest BCUT2D eigenvalue weighted by Crippen LogP contribution is -2.59. The lowest BCUT2D eigenvalue weighted by Gasteiger charge is -2.39. The maximum atomic E-state index is 6.32. The first-order chi connectivity index (χ1) is 13.8. The molecule has 6 rings (SSSR count). The van der Waals surface area contributed by atoms with Gasteiger partial charge >= 0.3 is 0 Å². The molecule has 0 saturated heterocycles. The summed E-state index contributed by atoms with van der Waals surface area (Å²) in [5.74, 6) is 1.91. The first kappa shape index (κ1) is 15.6. The molecule has 132 valence electrons.